The van der Waals surface area contributed by atoms with Gasteiger partial charge in [-0.2, -0.15) is 0 Å². The molecule has 1 saturated carbocycles. The number of hydrogen-bond donors (Lipinski definition) is 0. The third-order valence-electron chi connectivity index (χ3n) is 6.93. The number of ether oxygens (including phenoxy) is 2. The standard InChI is InChI=1S/C29H32O2/c1-3-9-23(10-4-1)26-18-28(24-11-5-2-6-12-24)29(19-26)25-15-13-22(14-16-25)8-7-17-30-20-27-21-31-27/h1-6,9-16,26-29H,7-8,17-21H2. The summed E-state index contributed by atoms with van der Waals surface area (Å²) >= 11 is 0. The first-order valence-corrected chi connectivity index (χ1v) is 11.7. The summed E-state index contributed by atoms with van der Waals surface area (Å²) in [5.74, 6) is 1.78. The number of benzene rings is 3. The highest BCUT2D eigenvalue weighted by Gasteiger charge is 2.36. The number of aryl methyl sites for hydroxylation is 1. The molecule has 0 spiro atoms. The molecular weight excluding hydrogens is 380 g/mol. The van der Waals surface area contributed by atoms with Crippen LogP contribution in [0.4, 0.5) is 0 Å². The second-order valence-electron chi connectivity index (χ2n) is 9.08. The van der Waals surface area contributed by atoms with E-state index in [9.17, 15) is 0 Å². The monoisotopic (exact) mass is 412 g/mol. The van der Waals surface area contributed by atoms with Gasteiger partial charge in [0.2, 0.25) is 0 Å². The molecule has 2 fully saturated rings. The zero-order valence-electron chi connectivity index (χ0n) is 18.2. The molecular formula is C29H32O2. The van der Waals surface area contributed by atoms with Crippen LogP contribution in [-0.2, 0) is 15.9 Å². The lowest BCUT2D eigenvalue weighted by Crippen LogP contribution is -2.05. The lowest BCUT2D eigenvalue weighted by Gasteiger charge is -2.20. The van der Waals surface area contributed by atoms with Crippen LogP contribution >= 0.6 is 0 Å². The quantitative estimate of drug-likeness (QED) is 0.296. The maximum absolute atomic E-state index is 5.68. The minimum absolute atomic E-state index is 0.364. The molecule has 1 aliphatic carbocycles. The van der Waals surface area contributed by atoms with Gasteiger partial charge in [0.15, 0.2) is 0 Å². The van der Waals surface area contributed by atoms with Crippen molar-refractivity contribution in [1.29, 1.82) is 0 Å². The van der Waals surface area contributed by atoms with Gasteiger partial charge in [0.1, 0.15) is 6.10 Å². The van der Waals surface area contributed by atoms with Gasteiger partial charge in [0.05, 0.1) is 13.2 Å². The summed E-state index contributed by atoms with van der Waals surface area (Å²) in [5, 5.41) is 0. The molecule has 0 amide bonds. The Morgan fingerprint density at radius 2 is 1.29 bits per heavy atom. The Morgan fingerprint density at radius 3 is 1.90 bits per heavy atom. The summed E-state index contributed by atoms with van der Waals surface area (Å²) in [5.41, 5.74) is 5.85. The fraction of sp³-hybridized carbons (Fsp3) is 0.379. The molecule has 1 heterocycles. The number of rotatable bonds is 9. The van der Waals surface area contributed by atoms with Gasteiger partial charge in [-0.05, 0) is 65.7 Å². The summed E-state index contributed by atoms with van der Waals surface area (Å²) < 4.78 is 10.9. The maximum Gasteiger partial charge on any atom is 0.104 e. The van der Waals surface area contributed by atoms with Crippen LogP contribution in [0.5, 0.6) is 0 Å². The van der Waals surface area contributed by atoms with Gasteiger partial charge in [-0.25, -0.2) is 0 Å². The molecule has 31 heavy (non-hydrogen) atoms. The Morgan fingerprint density at radius 1 is 0.710 bits per heavy atom. The predicted octanol–water partition coefficient (Wildman–Crippen LogP) is 6.48. The average molecular weight is 413 g/mol. The van der Waals surface area contributed by atoms with E-state index < -0.39 is 0 Å². The molecule has 0 radical (unpaired) electrons. The summed E-state index contributed by atoms with van der Waals surface area (Å²) in [6, 6.07) is 31.6. The van der Waals surface area contributed by atoms with Crippen molar-refractivity contribution in [2.45, 2.75) is 49.5 Å². The van der Waals surface area contributed by atoms with Crippen molar-refractivity contribution in [2.75, 3.05) is 19.8 Å². The van der Waals surface area contributed by atoms with E-state index in [1.807, 2.05) is 0 Å². The third kappa shape index (κ3) is 5.26. The lowest BCUT2D eigenvalue weighted by molar-refractivity contribution is 0.114. The SMILES string of the molecule is c1ccc(C2CC(c3ccccc3)C(c3ccc(CCCOCC4CO4)cc3)C2)cc1. The van der Waals surface area contributed by atoms with E-state index >= 15 is 0 Å². The minimum Gasteiger partial charge on any atom is -0.379 e. The van der Waals surface area contributed by atoms with E-state index in [1.54, 1.807) is 0 Å². The maximum atomic E-state index is 5.68. The zero-order valence-corrected chi connectivity index (χ0v) is 18.2. The third-order valence-corrected chi connectivity index (χ3v) is 6.93. The first kappa shape index (κ1) is 20.5. The van der Waals surface area contributed by atoms with Crippen LogP contribution < -0.4 is 0 Å². The van der Waals surface area contributed by atoms with Crippen molar-refractivity contribution >= 4 is 0 Å². The van der Waals surface area contributed by atoms with E-state index in [-0.39, 0.29) is 0 Å². The summed E-state index contributed by atoms with van der Waals surface area (Å²) in [4.78, 5) is 0. The van der Waals surface area contributed by atoms with Crippen molar-refractivity contribution in [1.82, 2.24) is 0 Å². The second kappa shape index (κ2) is 9.80. The van der Waals surface area contributed by atoms with E-state index in [2.05, 4.69) is 84.9 Å². The van der Waals surface area contributed by atoms with Gasteiger partial charge >= 0.3 is 0 Å². The van der Waals surface area contributed by atoms with Crippen molar-refractivity contribution in [3.63, 3.8) is 0 Å². The molecule has 2 nitrogen and oxygen atoms in total. The zero-order chi connectivity index (χ0) is 20.9. The summed E-state index contributed by atoms with van der Waals surface area (Å²) in [6.45, 7) is 2.45. The topological polar surface area (TPSA) is 21.8 Å². The normalized spacial score (nSPS) is 24.9. The van der Waals surface area contributed by atoms with Crippen LogP contribution in [0.2, 0.25) is 0 Å². The average Bonchev–Trinajstić information content (AvgIpc) is 3.55. The van der Waals surface area contributed by atoms with Crippen LogP contribution in [0.15, 0.2) is 84.9 Å². The van der Waals surface area contributed by atoms with E-state index in [1.165, 1.54) is 35.1 Å². The molecule has 160 valence electrons. The van der Waals surface area contributed by atoms with Crippen LogP contribution in [0.3, 0.4) is 0 Å². The Kier molecular flexibility index (Phi) is 6.48. The fourth-order valence-electron chi connectivity index (χ4n) is 5.16. The van der Waals surface area contributed by atoms with Crippen LogP contribution in [0, 0.1) is 0 Å². The summed E-state index contributed by atoms with van der Waals surface area (Å²) in [6.07, 6.45) is 4.95. The highest BCUT2D eigenvalue weighted by atomic mass is 16.6. The Balaban J connectivity index is 1.26. The van der Waals surface area contributed by atoms with Gasteiger partial charge in [-0.3, -0.25) is 0 Å². The molecule has 3 aromatic carbocycles. The Bertz CT molecular complexity index is 931. The molecule has 3 aromatic rings. The van der Waals surface area contributed by atoms with Gasteiger partial charge in [0, 0.05) is 6.61 Å². The van der Waals surface area contributed by atoms with Gasteiger partial charge in [-0.15, -0.1) is 0 Å². The molecule has 5 rings (SSSR count). The van der Waals surface area contributed by atoms with Crippen molar-refractivity contribution in [3.05, 3.63) is 107 Å². The molecule has 2 aliphatic rings. The number of epoxide rings is 1. The smallest absolute Gasteiger partial charge is 0.104 e. The van der Waals surface area contributed by atoms with Gasteiger partial charge < -0.3 is 9.47 Å². The first-order valence-electron chi connectivity index (χ1n) is 11.7. The van der Waals surface area contributed by atoms with E-state index in [0.717, 1.165) is 32.7 Å². The highest BCUT2D eigenvalue weighted by Crippen LogP contribution is 2.52. The second-order valence-corrected chi connectivity index (χ2v) is 9.08. The van der Waals surface area contributed by atoms with Crippen molar-refractivity contribution in [3.8, 4) is 0 Å². The predicted molar refractivity (Wildman–Crippen MR) is 126 cm³/mol. The van der Waals surface area contributed by atoms with E-state index in [0.29, 0.717) is 23.9 Å². The van der Waals surface area contributed by atoms with E-state index in [4.69, 9.17) is 9.47 Å². The summed E-state index contributed by atoms with van der Waals surface area (Å²) in [7, 11) is 0. The van der Waals surface area contributed by atoms with Crippen LogP contribution in [0.25, 0.3) is 0 Å². The fourth-order valence-corrected chi connectivity index (χ4v) is 5.16. The van der Waals surface area contributed by atoms with Gasteiger partial charge in [-0.1, -0.05) is 84.9 Å². The highest BCUT2D eigenvalue weighted by molar-refractivity contribution is 5.35. The van der Waals surface area contributed by atoms with Crippen LogP contribution in [-0.4, -0.2) is 25.9 Å². The van der Waals surface area contributed by atoms with Crippen molar-refractivity contribution in [2.24, 2.45) is 0 Å². The van der Waals surface area contributed by atoms with Gasteiger partial charge in [0.25, 0.3) is 0 Å². The minimum atomic E-state index is 0.364. The molecule has 1 aliphatic heterocycles. The molecule has 0 aromatic heterocycles. The molecule has 2 heteroatoms. The van der Waals surface area contributed by atoms with Crippen LogP contribution in [0.1, 0.15) is 59.3 Å². The largest absolute Gasteiger partial charge is 0.379 e. The molecule has 0 bridgehead atoms. The van der Waals surface area contributed by atoms with Crippen molar-refractivity contribution < 1.29 is 9.47 Å². The molecule has 1 saturated heterocycles. The Hall–Kier alpha value is -2.42. The molecule has 4 atom stereocenters. The molecule has 0 N–H and O–H groups in total. The molecule has 4 unspecified atom stereocenters. The number of hydrogen-bond acceptors (Lipinski definition) is 2. The lowest BCUT2D eigenvalue weighted by atomic mass is 9.84. The first-order chi connectivity index (χ1) is 15.4. The Labute approximate surface area is 186 Å².